The molecule has 1 aromatic carbocycles. The van der Waals surface area contributed by atoms with Crippen LogP contribution in [0.25, 0.3) is 0 Å². The molecule has 0 radical (unpaired) electrons. The van der Waals surface area contributed by atoms with E-state index in [0.29, 0.717) is 5.56 Å². The number of carbonyl (C=O) groups is 1. The summed E-state index contributed by atoms with van der Waals surface area (Å²) in [5.41, 5.74) is 1.45. The number of aromatic nitrogens is 1. The number of piperidine rings is 1. The van der Waals surface area contributed by atoms with Crippen LogP contribution >= 0.6 is 22.6 Å². The molecule has 1 amide bonds. The van der Waals surface area contributed by atoms with Crippen molar-refractivity contribution in [3.05, 3.63) is 51.7 Å². The lowest BCUT2D eigenvalue weighted by Crippen LogP contribution is -2.32. The molecule has 1 aliphatic heterocycles. The van der Waals surface area contributed by atoms with Gasteiger partial charge in [-0.2, -0.15) is 0 Å². The summed E-state index contributed by atoms with van der Waals surface area (Å²) in [6.07, 6.45) is 5.34. The lowest BCUT2D eigenvalue weighted by atomic mass is 10.1. The van der Waals surface area contributed by atoms with Crippen LogP contribution in [0.4, 0.5) is 11.5 Å². The molecular weight excluding hydrogens is 389 g/mol. The van der Waals surface area contributed by atoms with E-state index in [1.54, 1.807) is 6.20 Å². The van der Waals surface area contributed by atoms with E-state index in [-0.39, 0.29) is 5.91 Å². The van der Waals surface area contributed by atoms with Crippen molar-refractivity contribution in [3.8, 4) is 0 Å². The topological polar surface area (TPSA) is 45.2 Å². The molecule has 1 fully saturated rings. The fraction of sp³-hybridized carbons (Fsp3) is 0.294. The number of anilines is 2. The number of halogens is 1. The minimum atomic E-state index is -0.101. The molecule has 0 aliphatic carbocycles. The van der Waals surface area contributed by atoms with Crippen molar-refractivity contribution in [2.75, 3.05) is 23.3 Å². The largest absolute Gasteiger partial charge is 0.356 e. The second-order valence-corrected chi connectivity index (χ2v) is 6.63. The third-order valence-electron chi connectivity index (χ3n) is 3.77. The van der Waals surface area contributed by atoms with Crippen LogP contribution in [0.15, 0.2) is 42.6 Å². The van der Waals surface area contributed by atoms with E-state index in [4.69, 9.17) is 0 Å². The van der Waals surface area contributed by atoms with E-state index in [2.05, 4.69) is 37.8 Å². The Balaban J connectivity index is 1.83. The highest BCUT2D eigenvalue weighted by Gasteiger charge is 2.19. The summed E-state index contributed by atoms with van der Waals surface area (Å²) in [5.74, 6) is 0.695. The maximum Gasteiger partial charge on any atom is 0.259 e. The summed E-state index contributed by atoms with van der Waals surface area (Å²) in [4.78, 5) is 19.3. The number of nitrogens with zero attached hydrogens (tertiary/aromatic N) is 2. The predicted octanol–water partition coefficient (Wildman–Crippen LogP) is 3.93. The Hall–Kier alpha value is -1.63. The Morgan fingerprint density at radius 2 is 1.95 bits per heavy atom. The zero-order valence-corrected chi connectivity index (χ0v) is 14.4. The lowest BCUT2D eigenvalue weighted by Gasteiger charge is -2.29. The third-order valence-corrected chi connectivity index (χ3v) is 4.44. The van der Waals surface area contributed by atoms with Gasteiger partial charge in [-0.15, -0.1) is 0 Å². The smallest absolute Gasteiger partial charge is 0.259 e. The molecule has 3 rings (SSSR count). The molecule has 1 N–H and O–H groups in total. The maximum absolute atomic E-state index is 12.6. The van der Waals surface area contributed by atoms with Crippen LogP contribution < -0.4 is 10.2 Å². The second-order valence-electron chi connectivity index (χ2n) is 5.39. The maximum atomic E-state index is 12.6. The normalized spacial score (nSPS) is 14.7. The average Bonchev–Trinajstić information content (AvgIpc) is 2.56. The van der Waals surface area contributed by atoms with E-state index in [9.17, 15) is 4.79 Å². The van der Waals surface area contributed by atoms with Crippen molar-refractivity contribution in [1.82, 2.24) is 4.98 Å². The first-order valence-corrected chi connectivity index (χ1v) is 8.59. The van der Waals surface area contributed by atoms with Crippen LogP contribution in [-0.2, 0) is 0 Å². The molecule has 1 aliphatic rings. The second kappa shape index (κ2) is 7.09. The van der Waals surface area contributed by atoms with E-state index in [1.807, 2.05) is 36.4 Å². The monoisotopic (exact) mass is 407 g/mol. The van der Waals surface area contributed by atoms with Gasteiger partial charge in [-0.25, -0.2) is 4.98 Å². The molecule has 5 heteroatoms. The summed E-state index contributed by atoms with van der Waals surface area (Å²) < 4.78 is 1.10. The van der Waals surface area contributed by atoms with E-state index >= 15 is 0 Å². The summed E-state index contributed by atoms with van der Waals surface area (Å²) in [6.45, 7) is 1.95. The number of pyridine rings is 1. The van der Waals surface area contributed by atoms with Gasteiger partial charge in [0.15, 0.2) is 0 Å². The highest BCUT2D eigenvalue weighted by atomic mass is 127. The van der Waals surface area contributed by atoms with Gasteiger partial charge in [-0.3, -0.25) is 4.79 Å². The number of amides is 1. The van der Waals surface area contributed by atoms with E-state index in [1.165, 1.54) is 6.42 Å². The number of benzene rings is 1. The molecule has 2 heterocycles. The van der Waals surface area contributed by atoms with Crippen molar-refractivity contribution in [1.29, 1.82) is 0 Å². The Bertz CT molecular complexity index is 668. The molecule has 0 spiro atoms. The molecule has 0 atom stereocenters. The molecular formula is C17H18IN3O. The fourth-order valence-electron chi connectivity index (χ4n) is 2.70. The molecule has 0 bridgehead atoms. The average molecular weight is 407 g/mol. The first-order valence-electron chi connectivity index (χ1n) is 7.51. The molecule has 2 aromatic rings. The molecule has 22 heavy (non-hydrogen) atoms. The number of nitrogens with one attached hydrogen (secondary N) is 1. The number of carbonyl (C=O) groups excluding carboxylic acids is 1. The van der Waals surface area contributed by atoms with Gasteiger partial charge in [0, 0.05) is 28.5 Å². The summed E-state index contributed by atoms with van der Waals surface area (Å²) in [6, 6.07) is 11.5. The SMILES string of the molecule is O=C(Nc1cccc(I)c1)c1cccnc1N1CCCCC1. The predicted molar refractivity (Wildman–Crippen MR) is 97.4 cm³/mol. The minimum absolute atomic E-state index is 0.101. The Morgan fingerprint density at radius 3 is 2.73 bits per heavy atom. The van der Waals surface area contributed by atoms with Gasteiger partial charge in [-0.1, -0.05) is 6.07 Å². The first-order chi connectivity index (χ1) is 10.7. The van der Waals surface area contributed by atoms with Crippen LogP contribution in [0, 0.1) is 3.57 Å². The van der Waals surface area contributed by atoms with Crippen molar-refractivity contribution in [2.24, 2.45) is 0 Å². The van der Waals surface area contributed by atoms with Gasteiger partial charge < -0.3 is 10.2 Å². The van der Waals surface area contributed by atoms with Crippen molar-refractivity contribution in [3.63, 3.8) is 0 Å². The van der Waals surface area contributed by atoms with E-state index < -0.39 is 0 Å². The van der Waals surface area contributed by atoms with Gasteiger partial charge >= 0.3 is 0 Å². The number of rotatable bonds is 3. The van der Waals surface area contributed by atoms with Gasteiger partial charge in [0.2, 0.25) is 0 Å². The standard InChI is InChI=1S/C17H18IN3O/c18-13-6-4-7-14(12-13)20-17(22)15-8-5-9-19-16(15)21-10-2-1-3-11-21/h4-9,12H,1-3,10-11H2,(H,20,22). The Kier molecular flexibility index (Phi) is 4.92. The van der Waals surface area contributed by atoms with Gasteiger partial charge in [0.25, 0.3) is 5.91 Å². The first kappa shape index (κ1) is 15.3. The molecule has 1 saturated heterocycles. The molecule has 4 nitrogen and oxygen atoms in total. The summed E-state index contributed by atoms with van der Waals surface area (Å²) >= 11 is 2.24. The van der Waals surface area contributed by atoms with Crippen molar-refractivity contribution >= 4 is 40.0 Å². The van der Waals surface area contributed by atoms with Crippen LogP contribution in [-0.4, -0.2) is 24.0 Å². The number of hydrogen-bond acceptors (Lipinski definition) is 3. The minimum Gasteiger partial charge on any atom is -0.356 e. The van der Waals surface area contributed by atoms with Crippen LogP contribution in [0.1, 0.15) is 29.6 Å². The van der Waals surface area contributed by atoms with Gasteiger partial charge in [0.05, 0.1) is 5.56 Å². The molecule has 0 saturated carbocycles. The van der Waals surface area contributed by atoms with Gasteiger partial charge in [-0.05, 0) is 72.2 Å². The Morgan fingerprint density at radius 1 is 1.14 bits per heavy atom. The zero-order valence-electron chi connectivity index (χ0n) is 12.3. The highest BCUT2D eigenvalue weighted by molar-refractivity contribution is 14.1. The van der Waals surface area contributed by atoms with Crippen LogP contribution in [0.5, 0.6) is 0 Å². The quantitative estimate of drug-likeness (QED) is 0.785. The molecule has 1 aromatic heterocycles. The zero-order chi connectivity index (χ0) is 15.4. The summed E-state index contributed by atoms with van der Waals surface area (Å²) in [5, 5.41) is 2.97. The highest BCUT2D eigenvalue weighted by Crippen LogP contribution is 2.23. The van der Waals surface area contributed by atoms with E-state index in [0.717, 1.165) is 41.0 Å². The third kappa shape index (κ3) is 3.58. The molecule has 114 valence electrons. The lowest BCUT2D eigenvalue weighted by molar-refractivity contribution is 0.102. The van der Waals surface area contributed by atoms with Crippen LogP contribution in [0.2, 0.25) is 0 Å². The fourth-order valence-corrected chi connectivity index (χ4v) is 3.24. The van der Waals surface area contributed by atoms with Crippen molar-refractivity contribution < 1.29 is 4.79 Å². The van der Waals surface area contributed by atoms with Gasteiger partial charge in [0.1, 0.15) is 5.82 Å². The number of hydrogen-bond donors (Lipinski definition) is 1. The van der Waals surface area contributed by atoms with Crippen LogP contribution in [0.3, 0.4) is 0 Å². The Labute approximate surface area is 144 Å². The van der Waals surface area contributed by atoms with Crippen molar-refractivity contribution in [2.45, 2.75) is 19.3 Å². The molecule has 0 unspecified atom stereocenters. The summed E-state index contributed by atoms with van der Waals surface area (Å²) in [7, 11) is 0.